The number of pyridine rings is 2. The van der Waals surface area contributed by atoms with E-state index < -0.39 is 0 Å². The Morgan fingerprint density at radius 2 is 1.92 bits per heavy atom. The van der Waals surface area contributed by atoms with Crippen LogP contribution in [0, 0.1) is 0 Å². The van der Waals surface area contributed by atoms with E-state index in [4.69, 9.17) is 5.73 Å². The number of rotatable bonds is 2. The Hall–Kier alpha value is -2.96. The van der Waals surface area contributed by atoms with Gasteiger partial charge in [0.2, 0.25) is 5.95 Å². The third-order valence-electron chi connectivity index (χ3n) is 3.55. The van der Waals surface area contributed by atoms with E-state index in [1.165, 1.54) is 4.57 Å². The third kappa shape index (κ3) is 2.92. The Morgan fingerprint density at radius 1 is 1.17 bits per heavy atom. The summed E-state index contributed by atoms with van der Waals surface area (Å²) in [6.07, 6.45) is 4.93. The molecule has 3 aromatic rings. The van der Waals surface area contributed by atoms with E-state index in [1.807, 2.05) is 26.8 Å². The van der Waals surface area contributed by atoms with Crippen LogP contribution in [-0.4, -0.2) is 25.1 Å². The molecule has 124 valence electrons. The van der Waals surface area contributed by atoms with E-state index in [1.54, 1.807) is 31.7 Å². The molecule has 0 atom stereocenters. The molecule has 0 saturated heterocycles. The molecule has 3 aromatic heterocycles. The largest absolute Gasteiger partial charge is 0.383 e. The maximum Gasteiger partial charge on any atom is 0.258 e. The highest BCUT2D eigenvalue weighted by Gasteiger charge is 2.16. The lowest BCUT2D eigenvalue weighted by Gasteiger charge is -2.20. The fourth-order valence-electron chi connectivity index (χ4n) is 2.43. The summed E-state index contributed by atoms with van der Waals surface area (Å²) in [6, 6.07) is 3.57. The van der Waals surface area contributed by atoms with Crippen molar-refractivity contribution in [3.63, 3.8) is 0 Å². The molecule has 0 aliphatic rings. The Labute approximate surface area is 139 Å². The van der Waals surface area contributed by atoms with E-state index in [2.05, 4.69) is 20.3 Å². The zero-order valence-electron chi connectivity index (χ0n) is 14.2. The molecule has 24 heavy (non-hydrogen) atoms. The van der Waals surface area contributed by atoms with Gasteiger partial charge in [0.15, 0.2) is 0 Å². The van der Waals surface area contributed by atoms with Gasteiger partial charge in [-0.1, -0.05) is 0 Å². The van der Waals surface area contributed by atoms with Crippen molar-refractivity contribution in [1.29, 1.82) is 0 Å². The topological polar surface area (TPSA) is 98.7 Å². The van der Waals surface area contributed by atoms with Crippen molar-refractivity contribution in [2.45, 2.75) is 26.3 Å². The van der Waals surface area contributed by atoms with Crippen molar-refractivity contribution in [1.82, 2.24) is 19.5 Å². The first-order chi connectivity index (χ1) is 11.3. The van der Waals surface area contributed by atoms with Gasteiger partial charge >= 0.3 is 0 Å². The van der Waals surface area contributed by atoms with Crippen molar-refractivity contribution in [3.8, 4) is 11.1 Å². The molecule has 0 bridgehead atoms. The average molecular weight is 324 g/mol. The van der Waals surface area contributed by atoms with Crippen LogP contribution in [0.1, 0.15) is 20.8 Å². The minimum atomic E-state index is -0.185. The highest BCUT2D eigenvalue weighted by Crippen LogP contribution is 2.28. The van der Waals surface area contributed by atoms with Crippen LogP contribution in [0.5, 0.6) is 0 Å². The molecule has 0 aliphatic heterocycles. The smallest absolute Gasteiger partial charge is 0.258 e. The maximum absolute atomic E-state index is 12.5. The molecule has 0 aliphatic carbocycles. The number of aryl methyl sites for hydroxylation is 1. The number of nitrogens with zero attached hydrogens (tertiary/aromatic N) is 4. The van der Waals surface area contributed by atoms with Crippen molar-refractivity contribution in [2.75, 3.05) is 11.1 Å². The molecule has 0 spiro atoms. The molecule has 0 saturated carbocycles. The predicted molar refractivity (Wildman–Crippen MR) is 95.8 cm³/mol. The predicted octanol–water partition coefficient (Wildman–Crippen LogP) is 2.18. The number of nitrogens with one attached hydrogen (secondary N) is 1. The number of aromatic nitrogens is 4. The van der Waals surface area contributed by atoms with Gasteiger partial charge in [0.05, 0.1) is 16.5 Å². The highest BCUT2D eigenvalue weighted by molar-refractivity contribution is 5.98. The molecular weight excluding hydrogens is 304 g/mol. The number of hydrogen-bond donors (Lipinski definition) is 2. The Kier molecular flexibility index (Phi) is 3.71. The summed E-state index contributed by atoms with van der Waals surface area (Å²) in [4.78, 5) is 25.5. The molecule has 7 heteroatoms. The van der Waals surface area contributed by atoms with Gasteiger partial charge in [-0.3, -0.25) is 4.79 Å². The quantitative estimate of drug-likeness (QED) is 0.749. The first kappa shape index (κ1) is 15.9. The molecular formula is C17H20N6O. The van der Waals surface area contributed by atoms with Crippen molar-refractivity contribution in [3.05, 3.63) is 41.1 Å². The number of anilines is 2. The second kappa shape index (κ2) is 5.59. The van der Waals surface area contributed by atoms with Crippen LogP contribution >= 0.6 is 0 Å². The molecule has 0 unspecified atom stereocenters. The van der Waals surface area contributed by atoms with Crippen LogP contribution in [0.25, 0.3) is 22.0 Å². The summed E-state index contributed by atoms with van der Waals surface area (Å²) < 4.78 is 1.52. The summed E-state index contributed by atoms with van der Waals surface area (Å²) >= 11 is 0. The van der Waals surface area contributed by atoms with Gasteiger partial charge in [0.25, 0.3) is 5.56 Å². The van der Waals surface area contributed by atoms with E-state index in [0.29, 0.717) is 33.8 Å². The van der Waals surface area contributed by atoms with E-state index in [-0.39, 0.29) is 11.1 Å². The maximum atomic E-state index is 12.5. The molecule has 7 nitrogen and oxygen atoms in total. The fourth-order valence-corrected chi connectivity index (χ4v) is 2.43. The number of fused-ring (bicyclic) bond motifs is 1. The first-order valence-corrected chi connectivity index (χ1v) is 7.62. The Morgan fingerprint density at radius 3 is 2.62 bits per heavy atom. The van der Waals surface area contributed by atoms with Crippen LogP contribution < -0.4 is 16.6 Å². The standard InChI is InChI=1S/C17H20N6O/c1-17(2,3)22-16-20-9-12-13(21-16)11(8-19-14(12)18)10-6-5-7-23(4)15(10)24/h5-9H,1-4H3,(H2,18,19)(H,20,21,22). The normalized spacial score (nSPS) is 11.7. The second-order valence-corrected chi connectivity index (χ2v) is 6.73. The summed E-state index contributed by atoms with van der Waals surface area (Å²) in [5.41, 5.74) is 7.42. The fraction of sp³-hybridized carbons (Fsp3) is 0.294. The Bertz CT molecular complexity index is 971. The van der Waals surface area contributed by atoms with Crippen molar-refractivity contribution in [2.24, 2.45) is 7.05 Å². The van der Waals surface area contributed by atoms with E-state index in [9.17, 15) is 4.79 Å². The van der Waals surface area contributed by atoms with Crippen molar-refractivity contribution < 1.29 is 0 Å². The number of nitrogen functional groups attached to an aromatic ring is 1. The van der Waals surface area contributed by atoms with Crippen LogP contribution in [0.2, 0.25) is 0 Å². The van der Waals surface area contributed by atoms with Crippen LogP contribution in [0.15, 0.2) is 35.5 Å². The van der Waals surface area contributed by atoms with Gasteiger partial charge in [-0.2, -0.15) is 0 Å². The first-order valence-electron chi connectivity index (χ1n) is 7.62. The van der Waals surface area contributed by atoms with Gasteiger partial charge in [0.1, 0.15) is 5.82 Å². The van der Waals surface area contributed by atoms with Gasteiger partial charge in [-0.05, 0) is 32.9 Å². The highest BCUT2D eigenvalue weighted by atomic mass is 16.1. The van der Waals surface area contributed by atoms with E-state index in [0.717, 1.165) is 0 Å². The number of nitrogens with two attached hydrogens (primary N) is 1. The van der Waals surface area contributed by atoms with E-state index >= 15 is 0 Å². The van der Waals surface area contributed by atoms with Crippen molar-refractivity contribution >= 4 is 22.7 Å². The summed E-state index contributed by atoms with van der Waals surface area (Å²) in [5, 5.41) is 3.85. The number of hydrogen-bond acceptors (Lipinski definition) is 6. The lowest BCUT2D eigenvalue weighted by molar-refractivity contribution is 0.626. The summed E-state index contributed by atoms with van der Waals surface area (Å²) in [5.74, 6) is 0.818. The molecule has 0 radical (unpaired) electrons. The minimum Gasteiger partial charge on any atom is -0.383 e. The Balaban J connectivity index is 2.28. The monoisotopic (exact) mass is 324 g/mol. The third-order valence-corrected chi connectivity index (χ3v) is 3.55. The lowest BCUT2D eigenvalue weighted by Crippen LogP contribution is -2.27. The zero-order chi connectivity index (χ0) is 17.5. The summed E-state index contributed by atoms with van der Waals surface area (Å²) in [6.45, 7) is 6.07. The summed E-state index contributed by atoms with van der Waals surface area (Å²) in [7, 11) is 1.71. The molecule has 3 rings (SSSR count). The average Bonchev–Trinajstić information content (AvgIpc) is 2.49. The lowest BCUT2D eigenvalue weighted by atomic mass is 10.1. The molecule has 3 N–H and O–H groups in total. The van der Waals surface area contributed by atoms with Gasteiger partial charge in [-0.25, -0.2) is 15.0 Å². The van der Waals surface area contributed by atoms with Gasteiger partial charge in [-0.15, -0.1) is 0 Å². The van der Waals surface area contributed by atoms with Crippen LogP contribution in [0.3, 0.4) is 0 Å². The van der Waals surface area contributed by atoms with Crippen LogP contribution in [-0.2, 0) is 7.05 Å². The molecule has 0 amide bonds. The molecule has 3 heterocycles. The molecule has 0 aromatic carbocycles. The SMILES string of the molecule is Cn1cccc(-c2cnc(N)c3cnc(NC(C)(C)C)nc23)c1=O. The van der Waals surface area contributed by atoms with Gasteiger partial charge < -0.3 is 15.6 Å². The van der Waals surface area contributed by atoms with Crippen LogP contribution in [0.4, 0.5) is 11.8 Å². The second-order valence-electron chi connectivity index (χ2n) is 6.73. The molecule has 0 fully saturated rings. The van der Waals surface area contributed by atoms with Gasteiger partial charge in [0, 0.05) is 36.7 Å². The minimum absolute atomic E-state index is 0.116. The zero-order valence-corrected chi connectivity index (χ0v) is 14.2.